The zero-order valence-corrected chi connectivity index (χ0v) is 8.41. The summed E-state index contributed by atoms with van der Waals surface area (Å²) < 4.78 is 0. The molecular formula is C13H16O. The second-order valence-electron chi connectivity index (χ2n) is 4.19. The maximum Gasteiger partial charge on any atom is 0.133 e. The second-order valence-corrected chi connectivity index (χ2v) is 4.19. The van der Waals surface area contributed by atoms with Crippen LogP contribution in [-0.2, 0) is 11.2 Å². The third kappa shape index (κ3) is 2.44. The van der Waals surface area contributed by atoms with Crippen LogP contribution in [0.3, 0.4) is 0 Å². The molecule has 1 aromatic rings. The first-order valence-corrected chi connectivity index (χ1v) is 5.40. The predicted molar refractivity (Wildman–Crippen MR) is 57.1 cm³/mol. The summed E-state index contributed by atoms with van der Waals surface area (Å²) in [7, 11) is 0. The van der Waals surface area contributed by atoms with Crippen LogP contribution in [0, 0.1) is 5.92 Å². The molecule has 74 valence electrons. The lowest BCUT2D eigenvalue weighted by molar-refractivity contribution is -0.121. The van der Waals surface area contributed by atoms with E-state index in [4.69, 9.17) is 0 Å². The van der Waals surface area contributed by atoms with Gasteiger partial charge >= 0.3 is 0 Å². The monoisotopic (exact) mass is 188 g/mol. The summed E-state index contributed by atoms with van der Waals surface area (Å²) >= 11 is 0. The number of carbonyl (C=O) groups is 1. The van der Waals surface area contributed by atoms with Gasteiger partial charge in [-0.05, 0) is 30.7 Å². The van der Waals surface area contributed by atoms with Crippen LogP contribution >= 0.6 is 0 Å². The van der Waals surface area contributed by atoms with Crippen LogP contribution in [0.5, 0.6) is 0 Å². The Labute approximate surface area is 85.1 Å². The molecule has 2 rings (SSSR count). The molecule has 1 atom stereocenters. The Morgan fingerprint density at radius 2 is 2.00 bits per heavy atom. The molecule has 0 spiro atoms. The van der Waals surface area contributed by atoms with Gasteiger partial charge in [0, 0.05) is 12.8 Å². The minimum absolute atomic E-state index is 0.456. The molecule has 0 saturated heterocycles. The van der Waals surface area contributed by atoms with Gasteiger partial charge in [0.05, 0.1) is 0 Å². The van der Waals surface area contributed by atoms with E-state index in [-0.39, 0.29) is 0 Å². The van der Waals surface area contributed by atoms with E-state index < -0.39 is 0 Å². The van der Waals surface area contributed by atoms with Crippen molar-refractivity contribution in [2.45, 2.75) is 32.1 Å². The molecule has 0 aliphatic heterocycles. The summed E-state index contributed by atoms with van der Waals surface area (Å²) in [5.74, 6) is 1.05. The number of carbonyl (C=O) groups excluding carboxylic acids is 1. The fourth-order valence-electron chi connectivity index (χ4n) is 2.24. The number of hydrogen-bond donors (Lipinski definition) is 0. The molecule has 14 heavy (non-hydrogen) atoms. The molecule has 1 aliphatic carbocycles. The van der Waals surface area contributed by atoms with Crippen LogP contribution in [0.4, 0.5) is 0 Å². The average molecular weight is 188 g/mol. The number of Topliss-reactive ketones (excluding diaryl/α,β-unsaturated/α-hetero) is 1. The van der Waals surface area contributed by atoms with Gasteiger partial charge in [-0.3, -0.25) is 4.79 Å². The Morgan fingerprint density at radius 1 is 1.21 bits per heavy atom. The van der Waals surface area contributed by atoms with Gasteiger partial charge < -0.3 is 0 Å². The van der Waals surface area contributed by atoms with E-state index in [2.05, 4.69) is 24.3 Å². The van der Waals surface area contributed by atoms with E-state index in [1.807, 2.05) is 6.07 Å². The highest BCUT2D eigenvalue weighted by Crippen LogP contribution is 2.24. The van der Waals surface area contributed by atoms with E-state index in [1.54, 1.807) is 0 Å². The molecule has 0 radical (unpaired) electrons. The van der Waals surface area contributed by atoms with Crippen molar-refractivity contribution in [3.05, 3.63) is 35.9 Å². The van der Waals surface area contributed by atoms with Gasteiger partial charge in [0.25, 0.3) is 0 Å². The van der Waals surface area contributed by atoms with Crippen LogP contribution in [0.25, 0.3) is 0 Å². The highest BCUT2D eigenvalue weighted by atomic mass is 16.1. The Bertz CT molecular complexity index is 302. The van der Waals surface area contributed by atoms with Crippen molar-refractivity contribution < 1.29 is 4.79 Å². The molecule has 1 aromatic carbocycles. The van der Waals surface area contributed by atoms with E-state index in [9.17, 15) is 4.79 Å². The highest BCUT2D eigenvalue weighted by molar-refractivity contribution is 5.79. The molecule has 0 N–H and O–H groups in total. The average Bonchev–Trinajstić information content (AvgIpc) is 2.19. The maximum absolute atomic E-state index is 11.3. The molecule has 1 unspecified atom stereocenters. The van der Waals surface area contributed by atoms with Crippen LogP contribution in [0.1, 0.15) is 31.2 Å². The van der Waals surface area contributed by atoms with Crippen molar-refractivity contribution >= 4 is 5.78 Å². The third-order valence-electron chi connectivity index (χ3n) is 2.95. The molecule has 1 heteroatoms. The van der Waals surface area contributed by atoms with Crippen molar-refractivity contribution in [3.8, 4) is 0 Å². The van der Waals surface area contributed by atoms with E-state index in [0.717, 1.165) is 25.7 Å². The lowest BCUT2D eigenvalue weighted by Gasteiger charge is -2.20. The smallest absolute Gasteiger partial charge is 0.133 e. The van der Waals surface area contributed by atoms with E-state index in [0.29, 0.717) is 11.7 Å². The molecule has 0 aromatic heterocycles. The van der Waals surface area contributed by atoms with Gasteiger partial charge in [-0.2, -0.15) is 0 Å². The molecule has 0 heterocycles. The second kappa shape index (κ2) is 4.41. The van der Waals surface area contributed by atoms with Crippen LogP contribution in [-0.4, -0.2) is 5.78 Å². The van der Waals surface area contributed by atoms with Gasteiger partial charge in [0.1, 0.15) is 5.78 Å². The van der Waals surface area contributed by atoms with E-state index >= 15 is 0 Å². The van der Waals surface area contributed by atoms with Crippen LogP contribution in [0.15, 0.2) is 30.3 Å². The SMILES string of the molecule is O=C1CCCC(Cc2ccccc2)C1. The molecule has 1 nitrogen and oxygen atoms in total. The first kappa shape index (κ1) is 9.45. The minimum atomic E-state index is 0.456. The first-order valence-electron chi connectivity index (χ1n) is 5.40. The van der Waals surface area contributed by atoms with Crippen molar-refractivity contribution in [3.63, 3.8) is 0 Å². The fraction of sp³-hybridized carbons (Fsp3) is 0.462. The number of benzene rings is 1. The summed E-state index contributed by atoms with van der Waals surface area (Å²) in [6.45, 7) is 0. The molecular weight excluding hydrogens is 172 g/mol. The number of hydrogen-bond acceptors (Lipinski definition) is 1. The lowest BCUT2D eigenvalue weighted by Crippen LogP contribution is -2.16. The van der Waals surface area contributed by atoms with E-state index in [1.165, 1.54) is 12.0 Å². The topological polar surface area (TPSA) is 17.1 Å². The van der Waals surface area contributed by atoms with Crippen molar-refractivity contribution in [1.29, 1.82) is 0 Å². The Hall–Kier alpha value is -1.11. The van der Waals surface area contributed by atoms with Crippen LogP contribution < -0.4 is 0 Å². The quantitative estimate of drug-likeness (QED) is 0.697. The highest BCUT2D eigenvalue weighted by Gasteiger charge is 2.19. The zero-order chi connectivity index (χ0) is 9.80. The summed E-state index contributed by atoms with van der Waals surface area (Å²) in [6.07, 6.45) is 5.00. The van der Waals surface area contributed by atoms with Gasteiger partial charge in [-0.1, -0.05) is 30.3 Å². The van der Waals surface area contributed by atoms with Crippen molar-refractivity contribution in [2.75, 3.05) is 0 Å². The number of rotatable bonds is 2. The summed E-state index contributed by atoms with van der Waals surface area (Å²) in [4.78, 5) is 11.3. The zero-order valence-electron chi connectivity index (χ0n) is 8.41. The lowest BCUT2D eigenvalue weighted by atomic mass is 9.84. The maximum atomic E-state index is 11.3. The Balaban J connectivity index is 1.94. The first-order chi connectivity index (χ1) is 6.84. The summed E-state index contributed by atoms with van der Waals surface area (Å²) in [5.41, 5.74) is 1.37. The largest absolute Gasteiger partial charge is 0.300 e. The van der Waals surface area contributed by atoms with Crippen molar-refractivity contribution in [2.24, 2.45) is 5.92 Å². The minimum Gasteiger partial charge on any atom is -0.300 e. The predicted octanol–water partition coefficient (Wildman–Crippen LogP) is 2.99. The molecule has 1 saturated carbocycles. The molecule has 0 bridgehead atoms. The van der Waals surface area contributed by atoms with Crippen LogP contribution in [0.2, 0.25) is 0 Å². The molecule has 1 fully saturated rings. The number of ketones is 1. The Morgan fingerprint density at radius 3 is 2.71 bits per heavy atom. The summed E-state index contributed by atoms with van der Waals surface area (Å²) in [5, 5.41) is 0. The Kier molecular flexibility index (Phi) is 2.97. The normalized spacial score (nSPS) is 22.3. The van der Waals surface area contributed by atoms with Gasteiger partial charge in [0.15, 0.2) is 0 Å². The van der Waals surface area contributed by atoms with Gasteiger partial charge in [-0.25, -0.2) is 0 Å². The van der Waals surface area contributed by atoms with Gasteiger partial charge in [0.2, 0.25) is 0 Å². The summed E-state index contributed by atoms with van der Waals surface area (Å²) in [6, 6.07) is 10.5. The standard InChI is InChI=1S/C13H16O/c14-13-8-4-7-12(10-13)9-11-5-2-1-3-6-11/h1-3,5-6,12H,4,7-10H2. The third-order valence-corrected chi connectivity index (χ3v) is 2.95. The molecule has 0 amide bonds. The fourth-order valence-corrected chi connectivity index (χ4v) is 2.24. The molecule has 1 aliphatic rings. The van der Waals surface area contributed by atoms with Gasteiger partial charge in [-0.15, -0.1) is 0 Å². The van der Waals surface area contributed by atoms with Crippen molar-refractivity contribution in [1.82, 2.24) is 0 Å².